The van der Waals surface area contributed by atoms with E-state index in [1.807, 2.05) is 0 Å². The van der Waals surface area contributed by atoms with Gasteiger partial charge in [-0.2, -0.15) is 0 Å². The topological polar surface area (TPSA) is 20.3 Å². The number of fused-ring (bicyclic) bond motifs is 3. The fourth-order valence-electron chi connectivity index (χ4n) is 5.09. The maximum Gasteiger partial charge on any atom is 0.233 e. The van der Waals surface area contributed by atoms with Crippen LogP contribution >= 0.6 is 0 Å². The first kappa shape index (κ1) is 14.0. The van der Waals surface area contributed by atoms with E-state index in [4.69, 9.17) is 0 Å². The monoisotopic (exact) mass is 295 g/mol. The number of rotatable bonds is 1. The molecule has 0 unspecified atom stereocenters. The summed E-state index contributed by atoms with van der Waals surface area (Å²) in [5, 5.41) is 0. The molecule has 1 aromatic rings. The molecule has 2 atom stereocenters. The van der Waals surface area contributed by atoms with Crippen molar-refractivity contribution in [2.75, 3.05) is 6.54 Å². The van der Waals surface area contributed by atoms with E-state index in [1.165, 1.54) is 23.1 Å². The summed E-state index contributed by atoms with van der Waals surface area (Å²) in [6.07, 6.45) is 4.20. The lowest BCUT2D eigenvalue weighted by atomic mass is 9.68. The molecule has 22 heavy (non-hydrogen) atoms. The van der Waals surface area contributed by atoms with Gasteiger partial charge < -0.3 is 4.90 Å². The Hall–Kier alpha value is -1.57. The summed E-state index contributed by atoms with van der Waals surface area (Å²) in [7, 11) is 0. The van der Waals surface area contributed by atoms with Crippen LogP contribution in [0.15, 0.2) is 36.4 Å². The number of hydrogen-bond donors (Lipinski definition) is 0. The van der Waals surface area contributed by atoms with Gasteiger partial charge in [-0.05, 0) is 48.1 Å². The number of carbonyl (C=O) groups excluding carboxylic acids is 1. The summed E-state index contributed by atoms with van der Waals surface area (Å²) < 4.78 is 0. The lowest BCUT2D eigenvalue weighted by Crippen LogP contribution is -2.46. The molecule has 1 aliphatic heterocycles. The van der Waals surface area contributed by atoms with Gasteiger partial charge in [-0.3, -0.25) is 4.79 Å². The number of carbonyl (C=O) groups is 1. The first-order valence-corrected chi connectivity index (χ1v) is 8.51. The Morgan fingerprint density at radius 1 is 1.27 bits per heavy atom. The van der Waals surface area contributed by atoms with Crippen LogP contribution in [0.1, 0.15) is 44.2 Å². The first-order chi connectivity index (χ1) is 10.4. The van der Waals surface area contributed by atoms with E-state index >= 15 is 0 Å². The molecule has 4 rings (SSSR count). The zero-order chi connectivity index (χ0) is 15.5. The van der Waals surface area contributed by atoms with Gasteiger partial charge in [0.05, 0.1) is 5.41 Å². The lowest BCUT2D eigenvalue weighted by molar-refractivity contribution is -0.140. The zero-order valence-corrected chi connectivity index (χ0v) is 13.7. The number of amides is 1. The highest BCUT2D eigenvalue weighted by atomic mass is 16.2. The first-order valence-electron chi connectivity index (χ1n) is 8.51. The van der Waals surface area contributed by atoms with Gasteiger partial charge in [0.25, 0.3) is 0 Å². The van der Waals surface area contributed by atoms with E-state index in [1.54, 1.807) is 0 Å². The molecule has 2 saturated carbocycles. The van der Waals surface area contributed by atoms with E-state index in [2.05, 4.69) is 49.6 Å². The minimum absolute atomic E-state index is 0.127. The highest BCUT2D eigenvalue weighted by Crippen LogP contribution is 2.66. The summed E-state index contributed by atoms with van der Waals surface area (Å²) in [6, 6.07) is 8.53. The van der Waals surface area contributed by atoms with Crippen LogP contribution in [0.2, 0.25) is 0 Å². The molecular weight excluding hydrogens is 270 g/mol. The van der Waals surface area contributed by atoms with Crippen LogP contribution in [0.25, 0.3) is 0 Å². The smallest absolute Gasteiger partial charge is 0.233 e. The van der Waals surface area contributed by atoms with Crippen molar-refractivity contribution in [2.45, 2.75) is 46.1 Å². The van der Waals surface area contributed by atoms with E-state index in [9.17, 15) is 4.79 Å². The van der Waals surface area contributed by atoms with Crippen LogP contribution in [0.5, 0.6) is 0 Å². The molecule has 1 heterocycles. The van der Waals surface area contributed by atoms with Crippen molar-refractivity contribution in [3.8, 4) is 0 Å². The lowest BCUT2D eigenvalue weighted by Gasteiger charge is -2.41. The minimum atomic E-state index is -0.263. The van der Waals surface area contributed by atoms with Crippen LogP contribution in [0.3, 0.4) is 0 Å². The maximum absolute atomic E-state index is 13.4. The molecule has 2 fully saturated rings. The Kier molecular flexibility index (Phi) is 2.85. The third kappa shape index (κ3) is 1.70. The van der Waals surface area contributed by atoms with Crippen molar-refractivity contribution in [1.29, 1.82) is 0 Å². The van der Waals surface area contributed by atoms with E-state index in [-0.39, 0.29) is 10.8 Å². The number of hydrogen-bond acceptors (Lipinski definition) is 1. The Labute approximate surface area is 133 Å². The van der Waals surface area contributed by atoms with Gasteiger partial charge in [0, 0.05) is 13.1 Å². The summed E-state index contributed by atoms with van der Waals surface area (Å²) in [5.41, 5.74) is 3.78. The quantitative estimate of drug-likeness (QED) is 0.718. The van der Waals surface area contributed by atoms with Crippen molar-refractivity contribution >= 4 is 5.91 Å². The maximum atomic E-state index is 13.4. The predicted octanol–water partition coefficient (Wildman–Crippen LogP) is 3.95. The summed E-state index contributed by atoms with van der Waals surface area (Å²) in [6.45, 7) is 10.6. The third-order valence-corrected chi connectivity index (χ3v) is 6.72. The SMILES string of the molecule is C=C1C(C)(C)[C@@H]2CC[C@@]1(C(=O)N1CCc3ccccc3C1)C2. The van der Waals surface area contributed by atoms with Crippen molar-refractivity contribution < 1.29 is 4.79 Å². The second kappa shape index (κ2) is 4.47. The molecular formula is C20H25NO. The highest BCUT2D eigenvalue weighted by Gasteiger charge is 2.61. The Morgan fingerprint density at radius 3 is 2.68 bits per heavy atom. The second-order valence-corrected chi connectivity index (χ2v) is 7.97. The molecule has 0 N–H and O–H groups in total. The Bertz CT molecular complexity index is 659. The van der Waals surface area contributed by atoms with Gasteiger partial charge in [-0.1, -0.05) is 50.3 Å². The standard InChI is InChI=1S/C20H25NO/c1-14-19(2,3)17-8-10-20(14,12-17)18(22)21-11-9-15-6-4-5-7-16(15)13-21/h4-7,17H,1,8-13H2,2-3H3/t17-,20-/m1/s1. The summed E-state index contributed by atoms with van der Waals surface area (Å²) in [4.78, 5) is 15.4. The molecule has 3 aliphatic rings. The zero-order valence-electron chi connectivity index (χ0n) is 13.7. The Morgan fingerprint density at radius 2 is 2.00 bits per heavy atom. The number of nitrogens with zero attached hydrogens (tertiary/aromatic N) is 1. The average Bonchev–Trinajstić information content (AvgIpc) is 3.06. The van der Waals surface area contributed by atoms with Gasteiger partial charge in [0.15, 0.2) is 0 Å². The molecule has 0 radical (unpaired) electrons. The van der Waals surface area contributed by atoms with Gasteiger partial charge in [0.2, 0.25) is 5.91 Å². The Balaban J connectivity index is 1.63. The minimum Gasteiger partial charge on any atom is -0.337 e. The fraction of sp³-hybridized carbons (Fsp3) is 0.550. The highest BCUT2D eigenvalue weighted by molar-refractivity contribution is 5.88. The van der Waals surface area contributed by atoms with Gasteiger partial charge in [-0.15, -0.1) is 0 Å². The van der Waals surface area contributed by atoms with Crippen LogP contribution in [-0.2, 0) is 17.8 Å². The molecule has 1 amide bonds. The van der Waals surface area contributed by atoms with Crippen molar-refractivity contribution in [3.63, 3.8) is 0 Å². The van der Waals surface area contributed by atoms with Crippen LogP contribution in [0.4, 0.5) is 0 Å². The second-order valence-electron chi connectivity index (χ2n) is 7.97. The van der Waals surface area contributed by atoms with E-state index < -0.39 is 0 Å². The van der Waals surface area contributed by atoms with Crippen molar-refractivity contribution in [2.24, 2.45) is 16.7 Å². The van der Waals surface area contributed by atoms with E-state index in [0.717, 1.165) is 32.4 Å². The van der Waals surface area contributed by atoms with Crippen molar-refractivity contribution in [1.82, 2.24) is 4.90 Å². The molecule has 2 heteroatoms. The molecule has 1 aromatic carbocycles. The van der Waals surface area contributed by atoms with E-state index in [0.29, 0.717) is 11.8 Å². The van der Waals surface area contributed by atoms with Gasteiger partial charge in [0.1, 0.15) is 0 Å². The third-order valence-electron chi connectivity index (χ3n) is 6.72. The normalized spacial score (nSPS) is 32.2. The largest absolute Gasteiger partial charge is 0.337 e. The summed E-state index contributed by atoms with van der Waals surface area (Å²) >= 11 is 0. The molecule has 2 aliphatic carbocycles. The predicted molar refractivity (Wildman–Crippen MR) is 88.3 cm³/mol. The molecule has 2 nitrogen and oxygen atoms in total. The van der Waals surface area contributed by atoms with Crippen LogP contribution in [-0.4, -0.2) is 17.4 Å². The number of benzene rings is 1. The fourth-order valence-corrected chi connectivity index (χ4v) is 5.09. The summed E-state index contributed by atoms with van der Waals surface area (Å²) in [5.74, 6) is 0.987. The molecule has 2 bridgehead atoms. The average molecular weight is 295 g/mol. The molecule has 0 saturated heterocycles. The van der Waals surface area contributed by atoms with Crippen LogP contribution < -0.4 is 0 Å². The molecule has 116 valence electrons. The molecule has 0 spiro atoms. The van der Waals surface area contributed by atoms with Gasteiger partial charge in [-0.25, -0.2) is 0 Å². The molecule has 0 aromatic heterocycles. The van der Waals surface area contributed by atoms with Crippen LogP contribution in [0, 0.1) is 16.7 Å². The van der Waals surface area contributed by atoms with Crippen molar-refractivity contribution in [3.05, 3.63) is 47.5 Å². The van der Waals surface area contributed by atoms with Gasteiger partial charge >= 0.3 is 0 Å².